The predicted octanol–water partition coefficient (Wildman–Crippen LogP) is 3.52. The molecular formula is C14H24N2. The van der Waals surface area contributed by atoms with Gasteiger partial charge in [0, 0.05) is 17.4 Å². The Labute approximate surface area is 99.3 Å². The van der Waals surface area contributed by atoms with Crippen molar-refractivity contribution in [2.75, 3.05) is 0 Å². The van der Waals surface area contributed by atoms with E-state index in [1.165, 1.54) is 18.4 Å². The Morgan fingerprint density at radius 3 is 2.06 bits per heavy atom. The van der Waals surface area contributed by atoms with Crippen molar-refractivity contribution in [3.05, 3.63) is 29.1 Å². The van der Waals surface area contributed by atoms with Crippen LogP contribution in [0.25, 0.3) is 0 Å². The monoisotopic (exact) mass is 220 g/mol. The van der Waals surface area contributed by atoms with Gasteiger partial charge < -0.3 is 5.73 Å². The average Bonchev–Trinajstić information content (AvgIpc) is 2.24. The summed E-state index contributed by atoms with van der Waals surface area (Å²) in [6, 6.07) is 4.38. The van der Waals surface area contributed by atoms with Crippen molar-refractivity contribution < 1.29 is 0 Å². The number of hydrogen-bond donors (Lipinski definition) is 1. The van der Waals surface area contributed by atoms with E-state index >= 15 is 0 Å². The molecule has 1 unspecified atom stereocenters. The minimum atomic E-state index is 0.158. The third kappa shape index (κ3) is 3.60. The lowest BCUT2D eigenvalue weighted by Gasteiger charge is -2.19. The van der Waals surface area contributed by atoms with Crippen molar-refractivity contribution in [2.24, 2.45) is 11.7 Å². The molecule has 2 heteroatoms. The quantitative estimate of drug-likeness (QED) is 0.824. The highest BCUT2D eigenvalue weighted by molar-refractivity contribution is 5.23. The van der Waals surface area contributed by atoms with E-state index in [0.29, 0.717) is 0 Å². The minimum absolute atomic E-state index is 0.158. The highest BCUT2D eigenvalue weighted by Crippen LogP contribution is 2.23. The van der Waals surface area contributed by atoms with E-state index in [0.717, 1.165) is 23.7 Å². The maximum Gasteiger partial charge on any atom is 0.0379 e. The van der Waals surface area contributed by atoms with E-state index in [2.05, 4.69) is 31.0 Å². The molecule has 0 aromatic carbocycles. The number of aromatic nitrogens is 1. The first kappa shape index (κ1) is 13.2. The van der Waals surface area contributed by atoms with E-state index in [4.69, 9.17) is 5.73 Å². The third-order valence-corrected chi connectivity index (χ3v) is 3.27. The van der Waals surface area contributed by atoms with Crippen molar-refractivity contribution in [2.45, 2.75) is 53.0 Å². The summed E-state index contributed by atoms with van der Waals surface area (Å²) in [5.41, 5.74) is 9.62. The van der Waals surface area contributed by atoms with Gasteiger partial charge in [0.25, 0.3) is 0 Å². The molecule has 16 heavy (non-hydrogen) atoms. The molecule has 0 amide bonds. The standard InChI is InChI=1S/C14H24N2/c1-5-12(6-2)9-14(15)13-7-10(3)16-11(4)8-13/h7-8,12,14H,5-6,9,15H2,1-4H3. The molecule has 0 saturated heterocycles. The molecule has 0 fully saturated rings. The molecule has 2 nitrogen and oxygen atoms in total. The van der Waals surface area contributed by atoms with Crippen molar-refractivity contribution in [1.29, 1.82) is 0 Å². The lowest BCUT2D eigenvalue weighted by atomic mass is 9.91. The van der Waals surface area contributed by atoms with Crippen molar-refractivity contribution in [3.8, 4) is 0 Å². The van der Waals surface area contributed by atoms with Gasteiger partial charge in [0.15, 0.2) is 0 Å². The molecule has 1 atom stereocenters. The topological polar surface area (TPSA) is 38.9 Å². The maximum absolute atomic E-state index is 6.26. The molecule has 0 aliphatic carbocycles. The SMILES string of the molecule is CCC(CC)CC(N)c1cc(C)nc(C)c1. The summed E-state index contributed by atoms with van der Waals surface area (Å²) in [6.45, 7) is 8.54. The van der Waals surface area contributed by atoms with Gasteiger partial charge in [0.1, 0.15) is 0 Å². The van der Waals surface area contributed by atoms with Crippen molar-refractivity contribution >= 4 is 0 Å². The third-order valence-electron chi connectivity index (χ3n) is 3.27. The predicted molar refractivity (Wildman–Crippen MR) is 69.3 cm³/mol. The molecule has 0 aliphatic rings. The average molecular weight is 220 g/mol. The van der Waals surface area contributed by atoms with Gasteiger partial charge in [-0.15, -0.1) is 0 Å². The van der Waals surface area contributed by atoms with Gasteiger partial charge in [0.05, 0.1) is 0 Å². The van der Waals surface area contributed by atoms with Crippen LogP contribution < -0.4 is 5.73 Å². The van der Waals surface area contributed by atoms with Gasteiger partial charge in [-0.1, -0.05) is 26.7 Å². The molecule has 0 bridgehead atoms. The van der Waals surface area contributed by atoms with E-state index in [1.54, 1.807) is 0 Å². The minimum Gasteiger partial charge on any atom is -0.324 e. The van der Waals surface area contributed by atoms with Crippen molar-refractivity contribution in [1.82, 2.24) is 4.98 Å². The van der Waals surface area contributed by atoms with Crippen LogP contribution >= 0.6 is 0 Å². The summed E-state index contributed by atoms with van der Waals surface area (Å²) in [4.78, 5) is 4.38. The fraction of sp³-hybridized carbons (Fsp3) is 0.643. The summed E-state index contributed by atoms with van der Waals surface area (Å²) >= 11 is 0. The molecule has 0 radical (unpaired) electrons. The molecule has 90 valence electrons. The second-order valence-electron chi connectivity index (χ2n) is 4.71. The van der Waals surface area contributed by atoms with E-state index in [-0.39, 0.29) is 6.04 Å². The Balaban J connectivity index is 2.75. The second-order valence-corrected chi connectivity index (χ2v) is 4.71. The van der Waals surface area contributed by atoms with Crippen LogP contribution in [0.5, 0.6) is 0 Å². The Morgan fingerprint density at radius 2 is 1.62 bits per heavy atom. The first-order chi connectivity index (χ1) is 7.56. The highest BCUT2D eigenvalue weighted by Gasteiger charge is 2.12. The molecule has 1 rings (SSSR count). The molecule has 2 N–H and O–H groups in total. The first-order valence-corrected chi connectivity index (χ1v) is 6.27. The van der Waals surface area contributed by atoms with Crippen LogP contribution in [0.15, 0.2) is 12.1 Å². The summed E-state index contributed by atoms with van der Waals surface area (Å²) in [5, 5.41) is 0. The van der Waals surface area contributed by atoms with Crippen LogP contribution in [-0.2, 0) is 0 Å². The Hall–Kier alpha value is -0.890. The lowest BCUT2D eigenvalue weighted by molar-refractivity contribution is 0.414. The fourth-order valence-electron chi connectivity index (χ4n) is 2.20. The highest BCUT2D eigenvalue weighted by atomic mass is 14.7. The zero-order valence-corrected chi connectivity index (χ0v) is 11.0. The molecule has 1 heterocycles. The van der Waals surface area contributed by atoms with Crippen LogP contribution in [0, 0.1) is 19.8 Å². The van der Waals surface area contributed by atoms with E-state index in [1.807, 2.05) is 13.8 Å². The number of rotatable bonds is 5. The number of pyridine rings is 1. The zero-order valence-electron chi connectivity index (χ0n) is 11.0. The molecular weight excluding hydrogens is 196 g/mol. The molecule has 0 saturated carbocycles. The normalized spacial score (nSPS) is 13.1. The maximum atomic E-state index is 6.26. The fourth-order valence-corrected chi connectivity index (χ4v) is 2.20. The van der Waals surface area contributed by atoms with Gasteiger partial charge in [-0.2, -0.15) is 0 Å². The second kappa shape index (κ2) is 6.00. The van der Waals surface area contributed by atoms with Crippen LogP contribution in [-0.4, -0.2) is 4.98 Å². The summed E-state index contributed by atoms with van der Waals surface area (Å²) in [5.74, 6) is 0.740. The molecule has 1 aromatic rings. The van der Waals surface area contributed by atoms with Crippen LogP contribution in [0.2, 0.25) is 0 Å². The number of nitrogens with two attached hydrogens (primary N) is 1. The smallest absolute Gasteiger partial charge is 0.0379 e. The number of hydrogen-bond acceptors (Lipinski definition) is 2. The molecule has 1 aromatic heterocycles. The summed E-state index contributed by atoms with van der Waals surface area (Å²) in [7, 11) is 0. The van der Waals surface area contributed by atoms with E-state index in [9.17, 15) is 0 Å². The summed E-state index contributed by atoms with van der Waals surface area (Å²) < 4.78 is 0. The van der Waals surface area contributed by atoms with Gasteiger partial charge in [-0.25, -0.2) is 0 Å². The summed E-state index contributed by atoms with van der Waals surface area (Å²) in [6.07, 6.45) is 3.51. The molecule has 0 aliphatic heterocycles. The van der Waals surface area contributed by atoms with Crippen molar-refractivity contribution in [3.63, 3.8) is 0 Å². The van der Waals surface area contributed by atoms with Crippen LogP contribution in [0.3, 0.4) is 0 Å². The lowest BCUT2D eigenvalue weighted by Crippen LogP contribution is -2.15. The van der Waals surface area contributed by atoms with Gasteiger partial charge in [-0.05, 0) is 43.9 Å². The Kier molecular flexibility index (Phi) is 4.94. The van der Waals surface area contributed by atoms with Crippen LogP contribution in [0.1, 0.15) is 56.1 Å². The largest absolute Gasteiger partial charge is 0.324 e. The van der Waals surface area contributed by atoms with Gasteiger partial charge in [-0.3, -0.25) is 4.98 Å². The van der Waals surface area contributed by atoms with E-state index < -0.39 is 0 Å². The zero-order chi connectivity index (χ0) is 12.1. The van der Waals surface area contributed by atoms with Crippen LogP contribution in [0.4, 0.5) is 0 Å². The first-order valence-electron chi connectivity index (χ1n) is 6.27. The van der Waals surface area contributed by atoms with Gasteiger partial charge >= 0.3 is 0 Å². The number of nitrogens with zero attached hydrogens (tertiary/aromatic N) is 1. The Bertz CT molecular complexity index is 309. The Morgan fingerprint density at radius 1 is 1.12 bits per heavy atom. The molecule has 0 spiro atoms. The van der Waals surface area contributed by atoms with Gasteiger partial charge in [0.2, 0.25) is 0 Å². The number of aryl methyl sites for hydroxylation is 2.